The van der Waals surface area contributed by atoms with E-state index in [1.54, 1.807) is 38.5 Å². The summed E-state index contributed by atoms with van der Waals surface area (Å²) in [5.41, 5.74) is 4.60. The summed E-state index contributed by atoms with van der Waals surface area (Å²) >= 11 is 0. The lowest BCUT2D eigenvalue weighted by molar-refractivity contribution is 0.0955. The van der Waals surface area contributed by atoms with Gasteiger partial charge in [-0.1, -0.05) is 12.1 Å². The van der Waals surface area contributed by atoms with Gasteiger partial charge < -0.3 is 14.0 Å². The van der Waals surface area contributed by atoms with E-state index < -0.39 is 0 Å². The fourth-order valence-corrected chi connectivity index (χ4v) is 2.53. The number of carbonyl (C=O) groups excluding carboxylic acids is 1. The molecule has 6 heteroatoms. The number of amides is 1. The molecule has 0 saturated heterocycles. The van der Waals surface area contributed by atoms with Gasteiger partial charge in [0.25, 0.3) is 5.91 Å². The smallest absolute Gasteiger partial charge is 0.273 e. The van der Waals surface area contributed by atoms with E-state index >= 15 is 0 Å². The van der Waals surface area contributed by atoms with Gasteiger partial charge in [0.05, 0.1) is 31.7 Å². The lowest BCUT2D eigenvalue weighted by Crippen LogP contribution is -2.19. The number of hydrogen-bond acceptors (Lipinski definition) is 4. The SMILES string of the molecule is COc1ccc(/C=N\NC(=O)c2ccccc2-n2cccc2)c(OC)c1. The van der Waals surface area contributed by atoms with Gasteiger partial charge in [-0.15, -0.1) is 0 Å². The van der Waals surface area contributed by atoms with Crippen LogP contribution < -0.4 is 14.9 Å². The van der Waals surface area contributed by atoms with Crippen LogP contribution in [0.4, 0.5) is 0 Å². The highest BCUT2D eigenvalue weighted by Crippen LogP contribution is 2.23. The first-order chi connectivity index (χ1) is 12.7. The molecule has 1 aromatic heterocycles. The van der Waals surface area contributed by atoms with Gasteiger partial charge in [-0.05, 0) is 36.4 Å². The van der Waals surface area contributed by atoms with Gasteiger partial charge in [0.15, 0.2) is 0 Å². The molecule has 0 aliphatic heterocycles. The minimum absolute atomic E-state index is 0.293. The van der Waals surface area contributed by atoms with Gasteiger partial charge in [-0.3, -0.25) is 4.79 Å². The standard InChI is InChI=1S/C20H19N3O3/c1-25-16-10-9-15(19(13-16)26-2)14-21-22-20(24)17-7-3-4-8-18(17)23-11-5-6-12-23/h3-14H,1-2H3,(H,22,24)/b21-14-. The number of ether oxygens (including phenoxy) is 2. The second-order valence-corrected chi connectivity index (χ2v) is 5.41. The fraction of sp³-hybridized carbons (Fsp3) is 0.100. The molecule has 6 nitrogen and oxygen atoms in total. The van der Waals surface area contributed by atoms with Crippen LogP contribution in [0, 0.1) is 0 Å². The third kappa shape index (κ3) is 3.75. The second kappa shape index (κ2) is 8.02. The summed E-state index contributed by atoms with van der Waals surface area (Å²) in [4.78, 5) is 12.5. The molecule has 0 fully saturated rings. The number of nitrogens with one attached hydrogen (secondary N) is 1. The lowest BCUT2D eigenvalue weighted by atomic mass is 10.1. The number of rotatable bonds is 6. The summed E-state index contributed by atoms with van der Waals surface area (Å²) < 4.78 is 12.4. The lowest BCUT2D eigenvalue weighted by Gasteiger charge is -2.09. The topological polar surface area (TPSA) is 64.8 Å². The number of hydrogen-bond donors (Lipinski definition) is 1. The number of para-hydroxylation sites is 1. The average Bonchev–Trinajstić information content (AvgIpc) is 3.22. The highest BCUT2D eigenvalue weighted by molar-refractivity contribution is 5.98. The molecule has 3 rings (SSSR count). The third-order valence-electron chi connectivity index (χ3n) is 3.84. The van der Waals surface area contributed by atoms with Crippen molar-refractivity contribution in [2.24, 2.45) is 5.10 Å². The predicted octanol–water partition coefficient (Wildman–Crippen LogP) is 3.26. The Bertz CT molecular complexity index is 918. The Kier molecular flexibility index (Phi) is 5.34. The summed E-state index contributed by atoms with van der Waals surface area (Å²) in [6, 6.07) is 16.5. The van der Waals surface area contributed by atoms with Crippen LogP contribution in [0.2, 0.25) is 0 Å². The zero-order chi connectivity index (χ0) is 18.4. The van der Waals surface area contributed by atoms with Crippen molar-refractivity contribution in [1.82, 2.24) is 9.99 Å². The number of hydrazone groups is 1. The summed E-state index contributed by atoms with van der Waals surface area (Å²) in [7, 11) is 3.16. The highest BCUT2D eigenvalue weighted by atomic mass is 16.5. The van der Waals surface area contributed by atoms with E-state index in [-0.39, 0.29) is 5.91 Å². The van der Waals surface area contributed by atoms with Crippen molar-refractivity contribution in [1.29, 1.82) is 0 Å². The summed E-state index contributed by atoms with van der Waals surface area (Å²) in [6.45, 7) is 0. The van der Waals surface area contributed by atoms with Crippen LogP contribution in [0.25, 0.3) is 5.69 Å². The largest absolute Gasteiger partial charge is 0.497 e. The van der Waals surface area contributed by atoms with Crippen LogP contribution in [0.3, 0.4) is 0 Å². The van der Waals surface area contributed by atoms with Crippen molar-refractivity contribution in [3.05, 3.63) is 78.1 Å². The van der Waals surface area contributed by atoms with E-state index in [1.165, 1.54) is 6.21 Å². The Hall–Kier alpha value is -3.54. The number of aromatic nitrogens is 1. The summed E-state index contributed by atoms with van der Waals surface area (Å²) in [6.07, 6.45) is 5.31. The molecule has 1 N–H and O–H groups in total. The van der Waals surface area contributed by atoms with E-state index in [0.717, 1.165) is 11.3 Å². The predicted molar refractivity (Wildman–Crippen MR) is 100 cm³/mol. The van der Waals surface area contributed by atoms with Gasteiger partial charge >= 0.3 is 0 Å². The maximum Gasteiger partial charge on any atom is 0.273 e. The minimum atomic E-state index is -0.293. The molecule has 0 unspecified atom stereocenters. The number of methoxy groups -OCH3 is 2. The molecule has 1 heterocycles. The maximum atomic E-state index is 12.5. The summed E-state index contributed by atoms with van der Waals surface area (Å²) in [5.74, 6) is 0.997. The molecule has 132 valence electrons. The van der Waals surface area contributed by atoms with E-state index in [9.17, 15) is 4.79 Å². The van der Waals surface area contributed by atoms with Crippen LogP contribution >= 0.6 is 0 Å². The van der Waals surface area contributed by atoms with Crippen molar-refractivity contribution in [2.45, 2.75) is 0 Å². The van der Waals surface area contributed by atoms with Crippen molar-refractivity contribution in [3.8, 4) is 17.2 Å². The van der Waals surface area contributed by atoms with Crippen molar-refractivity contribution in [2.75, 3.05) is 14.2 Å². The first kappa shape index (κ1) is 17.3. The zero-order valence-electron chi connectivity index (χ0n) is 14.5. The fourth-order valence-electron chi connectivity index (χ4n) is 2.53. The van der Waals surface area contributed by atoms with Crippen LogP contribution in [-0.4, -0.2) is 30.9 Å². The molecule has 0 saturated carbocycles. The number of nitrogens with zero attached hydrogens (tertiary/aromatic N) is 2. The molecule has 0 bridgehead atoms. The number of carbonyl (C=O) groups is 1. The summed E-state index contributed by atoms with van der Waals surface area (Å²) in [5, 5.41) is 4.05. The Labute approximate surface area is 151 Å². The van der Waals surface area contributed by atoms with Gasteiger partial charge in [-0.2, -0.15) is 5.10 Å². The average molecular weight is 349 g/mol. The minimum Gasteiger partial charge on any atom is -0.497 e. The number of benzene rings is 2. The molecule has 3 aromatic rings. The molecule has 0 aliphatic carbocycles. The van der Waals surface area contributed by atoms with Gasteiger partial charge in [-0.25, -0.2) is 5.43 Å². The molecule has 0 aliphatic rings. The van der Waals surface area contributed by atoms with Crippen LogP contribution in [-0.2, 0) is 0 Å². The Balaban J connectivity index is 1.77. The van der Waals surface area contributed by atoms with Crippen molar-refractivity contribution < 1.29 is 14.3 Å². The van der Waals surface area contributed by atoms with Crippen molar-refractivity contribution >= 4 is 12.1 Å². The van der Waals surface area contributed by atoms with Gasteiger partial charge in [0.1, 0.15) is 11.5 Å². The zero-order valence-corrected chi connectivity index (χ0v) is 14.5. The molecule has 0 spiro atoms. The van der Waals surface area contributed by atoms with E-state index in [2.05, 4.69) is 10.5 Å². The van der Waals surface area contributed by atoms with Gasteiger partial charge in [0.2, 0.25) is 0 Å². The Morgan fingerprint density at radius 3 is 2.54 bits per heavy atom. The highest BCUT2D eigenvalue weighted by Gasteiger charge is 2.11. The molecule has 0 atom stereocenters. The first-order valence-electron chi connectivity index (χ1n) is 8.00. The molecule has 1 amide bonds. The monoisotopic (exact) mass is 349 g/mol. The molecular weight excluding hydrogens is 330 g/mol. The molecule has 0 radical (unpaired) electrons. The van der Waals surface area contributed by atoms with Crippen LogP contribution in [0.15, 0.2) is 72.1 Å². The Morgan fingerprint density at radius 1 is 1.04 bits per heavy atom. The maximum absolute atomic E-state index is 12.5. The van der Waals surface area contributed by atoms with E-state index in [0.29, 0.717) is 17.1 Å². The molecule has 2 aromatic carbocycles. The normalized spacial score (nSPS) is 10.7. The first-order valence-corrected chi connectivity index (χ1v) is 8.00. The van der Waals surface area contributed by atoms with Gasteiger partial charge in [0, 0.05) is 24.0 Å². The second-order valence-electron chi connectivity index (χ2n) is 5.41. The third-order valence-corrected chi connectivity index (χ3v) is 3.84. The van der Waals surface area contributed by atoms with Crippen molar-refractivity contribution in [3.63, 3.8) is 0 Å². The quantitative estimate of drug-likeness (QED) is 0.549. The van der Waals surface area contributed by atoms with E-state index in [1.807, 2.05) is 47.3 Å². The molecular formula is C20H19N3O3. The Morgan fingerprint density at radius 2 is 1.81 bits per heavy atom. The van der Waals surface area contributed by atoms with Crippen LogP contribution in [0.5, 0.6) is 11.5 Å². The van der Waals surface area contributed by atoms with E-state index in [4.69, 9.17) is 9.47 Å². The molecule has 26 heavy (non-hydrogen) atoms. The van der Waals surface area contributed by atoms with Crippen LogP contribution in [0.1, 0.15) is 15.9 Å².